The van der Waals surface area contributed by atoms with Crippen LogP contribution in [0.2, 0.25) is 0 Å². The zero-order chi connectivity index (χ0) is 14.0. The molecule has 2 rings (SSSR count). The lowest BCUT2D eigenvalue weighted by atomic mass is 10.2. The molecule has 102 valence electrons. The van der Waals surface area contributed by atoms with Gasteiger partial charge in [0.25, 0.3) is 5.56 Å². The monoisotopic (exact) mass is 263 g/mol. The minimum Gasteiger partial charge on any atom is -0.497 e. The maximum absolute atomic E-state index is 12.3. The summed E-state index contributed by atoms with van der Waals surface area (Å²) >= 11 is 0. The molecule has 0 radical (unpaired) electrons. The van der Waals surface area contributed by atoms with Crippen LogP contribution >= 0.6 is 0 Å². The van der Waals surface area contributed by atoms with Crippen molar-refractivity contribution in [3.05, 3.63) is 39.0 Å². The van der Waals surface area contributed by atoms with Crippen LogP contribution in [0, 0.1) is 0 Å². The van der Waals surface area contributed by atoms with E-state index in [0.29, 0.717) is 36.2 Å². The second kappa shape index (κ2) is 5.27. The number of aromatic nitrogens is 2. The highest BCUT2D eigenvalue weighted by atomic mass is 16.5. The van der Waals surface area contributed by atoms with E-state index in [1.807, 2.05) is 0 Å². The van der Waals surface area contributed by atoms with Gasteiger partial charge in [-0.05, 0) is 25.1 Å². The van der Waals surface area contributed by atoms with Gasteiger partial charge in [-0.15, -0.1) is 0 Å². The van der Waals surface area contributed by atoms with Crippen LogP contribution in [0.4, 0.5) is 0 Å². The van der Waals surface area contributed by atoms with Gasteiger partial charge >= 0.3 is 5.69 Å². The second-order valence-electron chi connectivity index (χ2n) is 4.32. The zero-order valence-electron chi connectivity index (χ0n) is 11.0. The molecule has 0 unspecified atom stereocenters. The first-order valence-electron chi connectivity index (χ1n) is 6.07. The molecule has 0 bridgehead atoms. The lowest BCUT2D eigenvalue weighted by molar-refractivity contribution is 0.415. The summed E-state index contributed by atoms with van der Waals surface area (Å²) in [5.41, 5.74) is 5.38. The van der Waals surface area contributed by atoms with E-state index in [9.17, 15) is 9.59 Å². The Morgan fingerprint density at radius 3 is 2.68 bits per heavy atom. The molecule has 0 atom stereocenters. The van der Waals surface area contributed by atoms with E-state index >= 15 is 0 Å². The van der Waals surface area contributed by atoms with Crippen LogP contribution < -0.4 is 21.7 Å². The molecule has 0 aliphatic rings. The Labute approximate surface area is 110 Å². The topological polar surface area (TPSA) is 79.2 Å². The molecule has 2 N–H and O–H groups in total. The largest absolute Gasteiger partial charge is 0.497 e. The highest BCUT2D eigenvalue weighted by Gasteiger charge is 2.11. The average molecular weight is 263 g/mol. The third-order valence-corrected chi connectivity index (χ3v) is 3.15. The standard InChI is InChI=1S/C13H17N3O3/c1-15-11-8-9(19-2)4-5-10(11)12(17)16(13(15)18)7-3-6-14/h4-5,8H,3,6-7,14H2,1-2H3. The summed E-state index contributed by atoms with van der Waals surface area (Å²) in [4.78, 5) is 24.4. The van der Waals surface area contributed by atoms with Crippen LogP contribution in [0.5, 0.6) is 5.75 Å². The van der Waals surface area contributed by atoms with E-state index in [1.165, 1.54) is 9.13 Å². The van der Waals surface area contributed by atoms with Crippen molar-refractivity contribution in [2.75, 3.05) is 13.7 Å². The van der Waals surface area contributed by atoms with E-state index in [0.717, 1.165) is 0 Å². The summed E-state index contributed by atoms with van der Waals surface area (Å²) in [6.45, 7) is 0.778. The zero-order valence-corrected chi connectivity index (χ0v) is 11.0. The second-order valence-corrected chi connectivity index (χ2v) is 4.32. The Morgan fingerprint density at radius 2 is 2.05 bits per heavy atom. The summed E-state index contributed by atoms with van der Waals surface area (Å²) in [6.07, 6.45) is 0.594. The first kappa shape index (κ1) is 13.4. The van der Waals surface area contributed by atoms with Crippen LogP contribution in [-0.4, -0.2) is 22.8 Å². The number of aryl methyl sites for hydroxylation is 1. The Bertz CT molecular complexity index is 715. The maximum Gasteiger partial charge on any atom is 0.331 e. The highest BCUT2D eigenvalue weighted by Crippen LogP contribution is 2.16. The number of benzene rings is 1. The molecule has 0 aliphatic heterocycles. The van der Waals surface area contributed by atoms with Crippen molar-refractivity contribution in [1.29, 1.82) is 0 Å². The van der Waals surface area contributed by atoms with Gasteiger partial charge in [-0.1, -0.05) is 0 Å². The van der Waals surface area contributed by atoms with Crippen LogP contribution in [0.25, 0.3) is 10.9 Å². The van der Waals surface area contributed by atoms with Gasteiger partial charge in [-0.25, -0.2) is 4.79 Å². The molecule has 0 saturated carbocycles. The smallest absolute Gasteiger partial charge is 0.331 e. The van der Waals surface area contributed by atoms with Crippen molar-refractivity contribution >= 4 is 10.9 Å². The SMILES string of the molecule is COc1ccc2c(=O)n(CCCN)c(=O)n(C)c2c1. The lowest BCUT2D eigenvalue weighted by Gasteiger charge is -2.11. The molecule has 6 nitrogen and oxygen atoms in total. The molecular formula is C13H17N3O3. The van der Waals surface area contributed by atoms with Gasteiger partial charge < -0.3 is 10.5 Å². The van der Waals surface area contributed by atoms with Crippen molar-refractivity contribution in [2.45, 2.75) is 13.0 Å². The summed E-state index contributed by atoms with van der Waals surface area (Å²) in [7, 11) is 3.18. The van der Waals surface area contributed by atoms with Crippen LogP contribution in [0.1, 0.15) is 6.42 Å². The number of ether oxygens (including phenoxy) is 1. The predicted molar refractivity (Wildman–Crippen MR) is 73.7 cm³/mol. The molecular weight excluding hydrogens is 246 g/mol. The fraction of sp³-hybridized carbons (Fsp3) is 0.385. The van der Waals surface area contributed by atoms with E-state index in [1.54, 1.807) is 32.4 Å². The molecule has 0 saturated heterocycles. The third-order valence-electron chi connectivity index (χ3n) is 3.15. The number of hydrogen-bond donors (Lipinski definition) is 1. The number of hydrogen-bond acceptors (Lipinski definition) is 4. The van der Waals surface area contributed by atoms with Gasteiger partial charge in [-0.3, -0.25) is 13.9 Å². The average Bonchev–Trinajstić information content (AvgIpc) is 2.44. The minimum atomic E-state index is -0.334. The quantitative estimate of drug-likeness (QED) is 0.845. The van der Waals surface area contributed by atoms with E-state index in [-0.39, 0.29) is 11.2 Å². The molecule has 2 aromatic rings. The molecule has 6 heteroatoms. The van der Waals surface area contributed by atoms with Gasteiger partial charge in [-0.2, -0.15) is 0 Å². The molecule has 1 aromatic heterocycles. The van der Waals surface area contributed by atoms with Crippen molar-refractivity contribution in [1.82, 2.24) is 9.13 Å². The third kappa shape index (κ3) is 2.26. The molecule has 0 amide bonds. The van der Waals surface area contributed by atoms with Crippen LogP contribution in [0.15, 0.2) is 27.8 Å². The lowest BCUT2D eigenvalue weighted by Crippen LogP contribution is -2.39. The first-order valence-corrected chi connectivity index (χ1v) is 6.07. The molecule has 0 fully saturated rings. The normalized spacial score (nSPS) is 10.9. The summed E-state index contributed by atoms with van der Waals surface area (Å²) in [5, 5.41) is 0.500. The number of rotatable bonds is 4. The number of fused-ring (bicyclic) bond motifs is 1. The molecule has 0 spiro atoms. The van der Waals surface area contributed by atoms with Gasteiger partial charge in [0.05, 0.1) is 18.0 Å². The molecule has 1 heterocycles. The van der Waals surface area contributed by atoms with Crippen molar-refractivity contribution in [3.8, 4) is 5.75 Å². The van der Waals surface area contributed by atoms with Crippen molar-refractivity contribution in [3.63, 3.8) is 0 Å². The fourth-order valence-electron chi connectivity index (χ4n) is 2.06. The van der Waals surface area contributed by atoms with Crippen LogP contribution in [-0.2, 0) is 13.6 Å². The predicted octanol–water partition coefficient (Wildman–Crippen LogP) is 0.0576. The number of methoxy groups -OCH3 is 1. The van der Waals surface area contributed by atoms with Crippen molar-refractivity contribution in [2.24, 2.45) is 12.8 Å². The van der Waals surface area contributed by atoms with E-state index < -0.39 is 0 Å². The summed E-state index contributed by atoms with van der Waals surface area (Å²) in [5.74, 6) is 0.613. The minimum absolute atomic E-state index is 0.283. The van der Waals surface area contributed by atoms with Gasteiger partial charge in [0.1, 0.15) is 5.75 Å². The molecule has 0 aliphatic carbocycles. The first-order chi connectivity index (χ1) is 9.10. The van der Waals surface area contributed by atoms with Gasteiger partial charge in [0, 0.05) is 19.7 Å². The summed E-state index contributed by atoms with van der Waals surface area (Å²) in [6, 6.07) is 5.07. The van der Waals surface area contributed by atoms with E-state index in [2.05, 4.69) is 0 Å². The van der Waals surface area contributed by atoms with Gasteiger partial charge in [0.2, 0.25) is 0 Å². The molecule has 1 aromatic carbocycles. The summed E-state index contributed by atoms with van der Waals surface area (Å²) < 4.78 is 7.79. The number of nitrogens with two attached hydrogens (primary N) is 1. The Kier molecular flexibility index (Phi) is 3.71. The Morgan fingerprint density at radius 1 is 1.32 bits per heavy atom. The van der Waals surface area contributed by atoms with Crippen LogP contribution in [0.3, 0.4) is 0 Å². The Hall–Kier alpha value is -2.08. The number of nitrogens with zero attached hydrogens (tertiary/aromatic N) is 2. The fourth-order valence-corrected chi connectivity index (χ4v) is 2.06. The molecule has 19 heavy (non-hydrogen) atoms. The Balaban J connectivity index is 2.76. The van der Waals surface area contributed by atoms with E-state index in [4.69, 9.17) is 10.5 Å². The van der Waals surface area contributed by atoms with Gasteiger partial charge in [0.15, 0.2) is 0 Å². The maximum atomic E-state index is 12.3. The highest BCUT2D eigenvalue weighted by molar-refractivity contribution is 5.79. The van der Waals surface area contributed by atoms with Crippen molar-refractivity contribution < 1.29 is 4.74 Å².